The van der Waals surface area contributed by atoms with Crippen molar-refractivity contribution in [2.45, 2.75) is 13.3 Å². The second-order valence-corrected chi connectivity index (χ2v) is 6.81. The van der Waals surface area contributed by atoms with Gasteiger partial charge in [-0.2, -0.15) is 0 Å². The molecule has 0 N–H and O–H groups in total. The highest BCUT2D eigenvalue weighted by atomic mass is 16.5. The molecule has 0 aromatic heterocycles. The van der Waals surface area contributed by atoms with Crippen LogP contribution in [0.2, 0.25) is 0 Å². The third-order valence-electron chi connectivity index (χ3n) is 4.09. The SMILES string of the molecule is CN(C)/C=C\C(=O)C(C)(COC(=O)c1ccccc1)Cc1ccccc1. The van der Waals surface area contributed by atoms with Gasteiger partial charge in [-0.1, -0.05) is 48.5 Å². The van der Waals surface area contributed by atoms with E-state index in [9.17, 15) is 9.59 Å². The number of rotatable bonds is 8. The van der Waals surface area contributed by atoms with Crippen molar-refractivity contribution >= 4 is 11.8 Å². The molecule has 26 heavy (non-hydrogen) atoms. The first-order chi connectivity index (χ1) is 12.4. The molecule has 0 aliphatic heterocycles. The Morgan fingerprint density at radius 3 is 2.15 bits per heavy atom. The Balaban J connectivity index is 2.16. The van der Waals surface area contributed by atoms with Gasteiger partial charge in [-0.05, 0) is 37.1 Å². The molecule has 1 unspecified atom stereocenters. The van der Waals surface area contributed by atoms with E-state index >= 15 is 0 Å². The van der Waals surface area contributed by atoms with Crippen LogP contribution in [0.15, 0.2) is 72.9 Å². The van der Waals surface area contributed by atoms with Crippen LogP contribution in [0.25, 0.3) is 0 Å². The van der Waals surface area contributed by atoms with E-state index in [-0.39, 0.29) is 12.4 Å². The molecule has 4 heteroatoms. The smallest absolute Gasteiger partial charge is 0.338 e. The van der Waals surface area contributed by atoms with E-state index in [4.69, 9.17) is 4.74 Å². The van der Waals surface area contributed by atoms with E-state index in [2.05, 4.69) is 0 Å². The second-order valence-electron chi connectivity index (χ2n) is 6.81. The van der Waals surface area contributed by atoms with Crippen molar-refractivity contribution in [3.63, 3.8) is 0 Å². The van der Waals surface area contributed by atoms with Gasteiger partial charge in [0.2, 0.25) is 0 Å². The van der Waals surface area contributed by atoms with Crippen molar-refractivity contribution in [1.82, 2.24) is 4.90 Å². The summed E-state index contributed by atoms with van der Waals surface area (Å²) in [7, 11) is 3.71. The van der Waals surface area contributed by atoms with Crippen LogP contribution in [0.1, 0.15) is 22.8 Å². The molecule has 0 amide bonds. The van der Waals surface area contributed by atoms with Gasteiger partial charge in [-0.3, -0.25) is 4.79 Å². The Bertz CT molecular complexity index is 753. The summed E-state index contributed by atoms with van der Waals surface area (Å²) in [5.74, 6) is -0.495. The van der Waals surface area contributed by atoms with Gasteiger partial charge >= 0.3 is 5.97 Å². The average Bonchev–Trinajstić information content (AvgIpc) is 2.65. The van der Waals surface area contributed by atoms with Crippen molar-refractivity contribution < 1.29 is 14.3 Å². The van der Waals surface area contributed by atoms with Crippen molar-refractivity contribution in [2.24, 2.45) is 5.41 Å². The monoisotopic (exact) mass is 351 g/mol. The minimum atomic E-state index is -0.835. The molecule has 4 nitrogen and oxygen atoms in total. The number of carbonyl (C=O) groups excluding carboxylic acids is 2. The molecule has 0 aliphatic rings. The molecule has 2 rings (SSSR count). The zero-order chi connectivity index (χ0) is 19.0. The van der Waals surface area contributed by atoms with Gasteiger partial charge in [-0.15, -0.1) is 0 Å². The Labute approximate surface area is 155 Å². The fraction of sp³-hybridized carbons (Fsp3) is 0.273. The highest BCUT2D eigenvalue weighted by Crippen LogP contribution is 2.26. The number of nitrogens with zero attached hydrogens (tertiary/aromatic N) is 1. The fourth-order valence-corrected chi connectivity index (χ4v) is 2.56. The molecule has 2 aromatic rings. The number of hydrogen-bond acceptors (Lipinski definition) is 4. The first kappa shape index (κ1) is 19.4. The van der Waals surface area contributed by atoms with Crippen molar-refractivity contribution in [1.29, 1.82) is 0 Å². The molecule has 0 spiro atoms. The summed E-state index contributed by atoms with van der Waals surface area (Å²) in [5, 5.41) is 0. The third kappa shape index (κ3) is 5.59. The van der Waals surface area contributed by atoms with Crippen LogP contribution in [0.4, 0.5) is 0 Å². The topological polar surface area (TPSA) is 46.6 Å². The molecule has 0 radical (unpaired) electrons. The number of ketones is 1. The van der Waals surface area contributed by atoms with E-state index in [1.165, 1.54) is 0 Å². The highest BCUT2D eigenvalue weighted by molar-refractivity contribution is 5.95. The number of allylic oxidation sites excluding steroid dienone is 1. The van der Waals surface area contributed by atoms with Crippen molar-refractivity contribution in [3.8, 4) is 0 Å². The zero-order valence-electron chi connectivity index (χ0n) is 15.5. The first-order valence-electron chi connectivity index (χ1n) is 8.56. The summed E-state index contributed by atoms with van der Waals surface area (Å²) in [5.41, 5.74) is 0.668. The Kier molecular flexibility index (Phi) is 6.73. The summed E-state index contributed by atoms with van der Waals surface area (Å²) in [6, 6.07) is 18.6. The molecular formula is C22H25NO3. The van der Waals surface area contributed by atoms with Gasteiger partial charge in [0.05, 0.1) is 11.0 Å². The molecule has 0 saturated carbocycles. The van der Waals surface area contributed by atoms with E-state index in [1.54, 1.807) is 41.4 Å². The Hall–Kier alpha value is -2.88. The average molecular weight is 351 g/mol. The van der Waals surface area contributed by atoms with Crippen LogP contribution in [0, 0.1) is 5.41 Å². The van der Waals surface area contributed by atoms with Gasteiger partial charge in [0.15, 0.2) is 5.78 Å². The zero-order valence-corrected chi connectivity index (χ0v) is 15.5. The minimum absolute atomic E-state index is 0.0201. The van der Waals surface area contributed by atoms with Crippen LogP contribution in [-0.4, -0.2) is 37.4 Å². The second kappa shape index (κ2) is 8.99. The lowest BCUT2D eigenvalue weighted by atomic mass is 9.80. The Morgan fingerprint density at radius 1 is 1.00 bits per heavy atom. The predicted octanol–water partition coefficient (Wildman–Crippen LogP) is 3.74. The predicted molar refractivity (Wildman–Crippen MR) is 103 cm³/mol. The number of esters is 1. The lowest BCUT2D eigenvalue weighted by Gasteiger charge is -2.27. The van der Waals surface area contributed by atoms with Crippen molar-refractivity contribution in [2.75, 3.05) is 20.7 Å². The highest BCUT2D eigenvalue weighted by Gasteiger charge is 2.33. The number of carbonyl (C=O) groups is 2. The fourth-order valence-electron chi connectivity index (χ4n) is 2.56. The molecule has 0 fully saturated rings. The molecule has 1 atom stereocenters. The summed E-state index contributed by atoms with van der Waals surface area (Å²) in [4.78, 5) is 26.9. The molecule has 0 bridgehead atoms. The van der Waals surface area contributed by atoms with Crippen LogP contribution in [-0.2, 0) is 16.0 Å². The molecule has 2 aromatic carbocycles. The van der Waals surface area contributed by atoms with E-state index in [0.717, 1.165) is 5.56 Å². The van der Waals surface area contributed by atoms with E-state index < -0.39 is 11.4 Å². The largest absolute Gasteiger partial charge is 0.461 e. The summed E-state index contributed by atoms with van der Waals surface area (Å²) in [6.07, 6.45) is 3.75. The van der Waals surface area contributed by atoms with Crippen LogP contribution >= 0.6 is 0 Å². The lowest BCUT2D eigenvalue weighted by Crippen LogP contribution is -2.35. The molecule has 136 valence electrons. The van der Waals surface area contributed by atoms with Gasteiger partial charge in [0.25, 0.3) is 0 Å². The maximum atomic E-state index is 12.8. The van der Waals surface area contributed by atoms with Crippen LogP contribution in [0.3, 0.4) is 0 Å². The van der Waals surface area contributed by atoms with E-state index in [0.29, 0.717) is 12.0 Å². The minimum Gasteiger partial charge on any atom is -0.461 e. The molecule has 0 saturated heterocycles. The normalized spacial score (nSPS) is 13.2. The maximum Gasteiger partial charge on any atom is 0.338 e. The molecule has 0 aliphatic carbocycles. The quantitative estimate of drug-likeness (QED) is 0.537. The van der Waals surface area contributed by atoms with Gasteiger partial charge in [0, 0.05) is 20.3 Å². The summed E-state index contributed by atoms with van der Waals surface area (Å²) < 4.78 is 5.49. The van der Waals surface area contributed by atoms with Crippen LogP contribution < -0.4 is 0 Å². The van der Waals surface area contributed by atoms with Crippen molar-refractivity contribution in [3.05, 3.63) is 84.1 Å². The third-order valence-corrected chi connectivity index (χ3v) is 4.09. The Morgan fingerprint density at radius 2 is 1.58 bits per heavy atom. The van der Waals surface area contributed by atoms with Gasteiger partial charge < -0.3 is 9.64 Å². The van der Waals surface area contributed by atoms with E-state index in [1.807, 2.05) is 57.4 Å². The summed E-state index contributed by atoms with van der Waals surface area (Å²) in [6.45, 7) is 1.85. The van der Waals surface area contributed by atoms with Gasteiger partial charge in [0.1, 0.15) is 6.61 Å². The number of benzene rings is 2. The standard InChI is InChI=1S/C22H25NO3/c1-22(20(24)14-15-23(2)3,16-18-10-6-4-7-11-18)17-26-21(25)19-12-8-5-9-13-19/h4-15H,16-17H2,1-3H3/b15-14-. The first-order valence-corrected chi connectivity index (χ1v) is 8.56. The summed E-state index contributed by atoms with van der Waals surface area (Å²) >= 11 is 0. The number of ether oxygens (including phenoxy) is 1. The molecular weight excluding hydrogens is 326 g/mol. The molecule has 0 heterocycles. The number of hydrogen-bond donors (Lipinski definition) is 0. The lowest BCUT2D eigenvalue weighted by molar-refractivity contribution is -0.125. The van der Waals surface area contributed by atoms with Crippen LogP contribution in [0.5, 0.6) is 0 Å². The van der Waals surface area contributed by atoms with Gasteiger partial charge in [-0.25, -0.2) is 4.79 Å². The maximum absolute atomic E-state index is 12.8.